The van der Waals surface area contributed by atoms with Gasteiger partial charge in [-0.25, -0.2) is 0 Å². The zero-order chi connectivity index (χ0) is 42.9. The number of fused-ring (bicyclic) bond motifs is 3. The van der Waals surface area contributed by atoms with Gasteiger partial charge >= 0.3 is 0 Å². The van der Waals surface area contributed by atoms with E-state index < -0.39 is 18.3 Å². The number of aryl methyl sites for hydroxylation is 4. The zero-order valence-electron chi connectivity index (χ0n) is 35.9. The molecule has 0 bridgehead atoms. The minimum absolute atomic E-state index is 0.00254. The molecule has 3 aliphatic carbocycles. The normalized spacial score (nSPS) is 22.3. The summed E-state index contributed by atoms with van der Waals surface area (Å²) in [6.07, 6.45) is 15.7. The summed E-state index contributed by atoms with van der Waals surface area (Å²) < 4.78 is 12.3. The number of rotatable bonds is 22. The van der Waals surface area contributed by atoms with Gasteiger partial charge < -0.3 is 55.8 Å². The molecule has 1 fully saturated rings. The third kappa shape index (κ3) is 11.6. The van der Waals surface area contributed by atoms with Crippen molar-refractivity contribution in [2.75, 3.05) is 19.7 Å². The number of phenols is 1. The molecule has 8 unspecified atom stereocenters. The summed E-state index contributed by atoms with van der Waals surface area (Å²) in [5, 5.41) is 65.7. The summed E-state index contributed by atoms with van der Waals surface area (Å²) in [7, 11) is 0. The summed E-state index contributed by atoms with van der Waals surface area (Å²) in [5.41, 5.74) is 14.2. The number of H-pyrrole nitrogens is 1. The van der Waals surface area contributed by atoms with Gasteiger partial charge in [0.25, 0.3) is 0 Å². The Hall–Kier alpha value is -3.94. The Morgan fingerprint density at radius 3 is 2.57 bits per heavy atom. The van der Waals surface area contributed by atoms with Crippen molar-refractivity contribution in [3.05, 3.63) is 111 Å². The lowest BCUT2D eigenvalue weighted by Crippen LogP contribution is -2.32. The van der Waals surface area contributed by atoms with Gasteiger partial charge in [-0.3, -0.25) is 0 Å². The number of unbranched alkanes of at least 4 members (excludes halogenated alkanes) is 3. The highest BCUT2D eigenvalue weighted by Gasteiger charge is 2.38. The van der Waals surface area contributed by atoms with E-state index in [1.165, 1.54) is 30.5 Å². The van der Waals surface area contributed by atoms with Gasteiger partial charge in [-0.1, -0.05) is 62.5 Å². The summed E-state index contributed by atoms with van der Waals surface area (Å²) in [5.74, 6) is 3.60. The minimum Gasteiger partial charge on any atom is -0.504 e. The molecule has 11 heteroatoms. The number of ether oxygens (including phenoxy) is 1. The fourth-order valence-electron chi connectivity index (χ4n) is 10.2. The number of aliphatic hydroxyl groups excluding tert-OH is 5. The third-order valence-electron chi connectivity index (χ3n) is 13.6. The van der Waals surface area contributed by atoms with Crippen LogP contribution < -0.4 is 15.8 Å². The number of nitrogens with one attached hydrogen (secondary N) is 2. The molecule has 0 spiro atoms. The Morgan fingerprint density at radius 2 is 1.75 bits per heavy atom. The fourth-order valence-corrected chi connectivity index (χ4v) is 10.2. The van der Waals surface area contributed by atoms with E-state index in [9.17, 15) is 30.6 Å². The molecule has 2 aromatic carbocycles. The maximum absolute atomic E-state index is 11.3. The molecule has 3 aliphatic rings. The number of hydrogen-bond acceptors (Lipinski definition) is 10. The molecule has 61 heavy (non-hydrogen) atoms. The van der Waals surface area contributed by atoms with Crippen molar-refractivity contribution in [3.63, 3.8) is 0 Å². The van der Waals surface area contributed by atoms with Crippen LogP contribution >= 0.6 is 0 Å². The summed E-state index contributed by atoms with van der Waals surface area (Å²) >= 11 is 0. The topological polar surface area (TPSA) is 198 Å². The Kier molecular flexibility index (Phi) is 15.8. The van der Waals surface area contributed by atoms with Crippen LogP contribution in [0.2, 0.25) is 0 Å². The van der Waals surface area contributed by atoms with Crippen molar-refractivity contribution in [1.29, 1.82) is 0 Å². The molecule has 4 aromatic rings. The molecule has 0 amide bonds. The highest BCUT2D eigenvalue weighted by Crippen LogP contribution is 2.47. The zero-order valence-corrected chi connectivity index (χ0v) is 35.9. The highest BCUT2D eigenvalue weighted by atomic mass is 16.5. The molecule has 11 nitrogen and oxygen atoms in total. The summed E-state index contributed by atoms with van der Waals surface area (Å²) in [6.45, 7) is 3.07. The van der Waals surface area contributed by atoms with E-state index in [-0.39, 0.29) is 37.5 Å². The van der Waals surface area contributed by atoms with Gasteiger partial charge in [0.2, 0.25) is 0 Å². The maximum atomic E-state index is 11.3. The molecule has 0 aliphatic heterocycles. The maximum Gasteiger partial charge on any atom is 0.161 e. The Labute approximate surface area is 361 Å². The van der Waals surface area contributed by atoms with Crippen molar-refractivity contribution in [3.8, 4) is 11.5 Å². The summed E-state index contributed by atoms with van der Waals surface area (Å²) in [6, 6.07) is 15.1. The van der Waals surface area contributed by atoms with Crippen molar-refractivity contribution in [2.45, 2.75) is 140 Å². The molecule has 2 aromatic heterocycles. The number of furan rings is 1. The SMILES string of the molecule is CC(O)CNCC1c2cc(C(O)COc3cc(CCc4cc(CO)c(CCCCCCC(N)CC5C=Cc6cc(CO)ccc6C5O)o4)ccc3O)[nH]c2CCC2CCCC21. The van der Waals surface area contributed by atoms with Crippen LogP contribution in [0.15, 0.2) is 59.0 Å². The molecule has 7 rings (SSSR count). The second-order valence-electron chi connectivity index (χ2n) is 18.2. The Balaban J connectivity index is 0.844. The molecule has 1 saturated carbocycles. The molecule has 332 valence electrons. The molecule has 0 radical (unpaired) electrons. The average molecular weight is 840 g/mol. The van der Waals surface area contributed by atoms with Gasteiger partial charge in [-0.05, 0) is 122 Å². The van der Waals surface area contributed by atoms with Crippen LogP contribution in [0.3, 0.4) is 0 Å². The number of aromatic amines is 1. The van der Waals surface area contributed by atoms with Crippen molar-refractivity contribution >= 4 is 6.08 Å². The Bertz CT molecular complexity index is 2040. The fraction of sp³-hybridized carbons (Fsp3) is 0.560. The number of aromatic hydroxyl groups is 1. The van der Waals surface area contributed by atoms with Gasteiger partial charge in [0, 0.05) is 60.8 Å². The number of aromatic nitrogens is 1. The lowest BCUT2D eigenvalue weighted by Gasteiger charge is -2.28. The first-order valence-electron chi connectivity index (χ1n) is 22.9. The number of nitrogens with two attached hydrogens (primary N) is 1. The largest absolute Gasteiger partial charge is 0.504 e. The lowest BCUT2D eigenvalue weighted by atomic mass is 9.80. The van der Waals surface area contributed by atoms with Crippen molar-refractivity contribution in [2.24, 2.45) is 23.5 Å². The van der Waals surface area contributed by atoms with Crippen LogP contribution in [-0.2, 0) is 38.9 Å². The van der Waals surface area contributed by atoms with E-state index in [0.717, 1.165) is 109 Å². The number of benzene rings is 2. The molecular weight excluding hydrogens is 771 g/mol. The monoisotopic (exact) mass is 840 g/mol. The van der Waals surface area contributed by atoms with Gasteiger partial charge in [-0.2, -0.15) is 0 Å². The van der Waals surface area contributed by atoms with Gasteiger partial charge in [0.15, 0.2) is 11.5 Å². The molecular formula is C50H69N3O8. The summed E-state index contributed by atoms with van der Waals surface area (Å²) in [4.78, 5) is 3.53. The second-order valence-corrected chi connectivity index (χ2v) is 18.2. The third-order valence-corrected chi connectivity index (χ3v) is 13.6. The average Bonchev–Trinajstić information content (AvgIpc) is 4.00. The van der Waals surface area contributed by atoms with E-state index in [2.05, 4.69) is 16.4 Å². The predicted octanol–water partition coefficient (Wildman–Crippen LogP) is 7.20. The van der Waals surface area contributed by atoms with E-state index in [4.69, 9.17) is 14.9 Å². The Morgan fingerprint density at radius 1 is 0.918 bits per heavy atom. The number of hydrogen-bond donors (Lipinski definition) is 9. The van der Waals surface area contributed by atoms with Crippen molar-refractivity contribution < 1.29 is 39.8 Å². The van der Waals surface area contributed by atoms with Gasteiger partial charge in [-0.15, -0.1) is 0 Å². The first-order chi connectivity index (χ1) is 29.6. The molecule has 10 N–H and O–H groups in total. The van der Waals surface area contributed by atoms with Crippen LogP contribution in [-0.4, -0.2) is 67.5 Å². The molecule has 8 atom stereocenters. The van der Waals surface area contributed by atoms with Gasteiger partial charge in [0.1, 0.15) is 24.2 Å². The first kappa shape index (κ1) is 45.1. The van der Waals surface area contributed by atoms with Gasteiger partial charge in [0.05, 0.1) is 25.4 Å². The predicted molar refractivity (Wildman–Crippen MR) is 237 cm³/mol. The van der Waals surface area contributed by atoms with Crippen LogP contribution in [0.25, 0.3) is 6.08 Å². The lowest BCUT2D eigenvalue weighted by molar-refractivity contribution is 0.103. The van der Waals surface area contributed by atoms with Crippen LogP contribution in [0, 0.1) is 17.8 Å². The van der Waals surface area contributed by atoms with E-state index in [1.807, 2.05) is 48.6 Å². The highest BCUT2D eigenvalue weighted by molar-refractivity contribution is 5.59. The first-order valence-corrected chi connectivity index (χ1v) is 22.9. The molecule has 0 saturated heterocycles. The van der Waals surface area contributed by atoms with Crippen LogP contribution in [0.1, 0.15) is 146 Å². The number of aliphatic hydroxyl groups is 5. The van der Waals surface area contributed by atoms with E-state index >= 15 is 0 Å². The van der Waals surface area contributed by atoms with E-state index in [1.54, 1.807) is 13.0 Å². The molecule has 2 heterocycles. The van der Waals surface area contributed by atoms with E-state index in [0.29, 0.717) is 42.9 Å². The van der Waals surface area contributed by atoms with Crippen molar-refractivity contribution in [1.82, 2.24) is 10.3 Å². The number of phenolic OH excluding ortho intramolecular Hbond substituents is 1. The quantitative estimate of drug-likeness (QED) is 0.0365. The van der Waals surface area contributed by atoms with Crippen LogP contribution in [0.5, 0.6) is 11.5 Å². The van der Waals surface area contributed by atoms with Crippen LogP contribution in [0.4, 0.5) is 0 Å². The smallest absolute Gasteiger partial charge is 0.161 e. The second kappa shape index (κ2) is 21.4. The minimum atomic E-state index is -0.891. The standard InChI is InChI=1S/C50H69N3O8/c1-31(56)26-52-27-43-40-9-6-7-34(40)16-19-44-42(43)25-45(53-44)47(58)30-60-49-22-32(13-20-46(49)57)11-17-39-24-37(29-55)48(61-39)10-5-3-2-4-8-38(51)23-36-15-14-35-21-33(28-54)12-18-41(35)50(36)59/h12-15,18,20-22,24-25,31,34,36,38,40,43,47,50,52-59H,2-11,16-17,19,23,26-30,51H2,1H3.